The van der Waals surface area contributed by atoms with E-state index in [1.807, 2.05) is 4.90 Å². The number of piperidine rings is 1. The molecule has 0 bridgehead atoms. The maximum Gasteiger partial charge on any atom is 0.323 e. The van der Waals surface area contributed by atoms with Crippen molar-refractivity contribution in [2.45, 2.75) is 52.0 Å². The second kappa shape index (κ2) is 6.46. The fourth-order valence-electron chi connectivity index (χ4n) is 3.33. The zero-order valence-corrected chi connectivity index (χ0v) is 12.5. The summed E-state index contributed by atoms with van der Waals surface area (Å²) in [4.78, 5) is 27.2. The summed E-state index contributed by atoms with van der Waals surface area (Å²) in [6, 6.07) is 0.0475. The summed E-state index contributed by atoms with van der Waals surface area (Å²) in [5.74, 6) is 0.213. The van der Waals surface area contributed by atoms with E-state index in [1.54, 1.807) is 4.90 Å². The Labute approximate surface area is 120 Å². The summed E-state index contributed by atoms with van der Waals surface area (Å²) in [6.07, 6.45) is 5.10. The van der Waals surface area contributed by atoms with Gasteiger partial charge in [0.25, 0.3) is 0 Å². The number of carbonyl (C=O) groups excluding carboxylic acids is 1. The lowest BCUT2D eigenvalue weighted by Crippen LogP contribution is -2.52. The fraction of sp³-hybridized carbons (Fsp3) is 0.867. The first kappa shape index (κ1) is 15.1. The van der Waals surface area contributed by atoms with Crippen LogP contribution in [0.3, 0.4) is 0 Å². The second-order valence-electron chi connectivity index (χ2n) is 6.43. The lowest BCUT2D eigenvalue weighted by molar-refractivity contribution is -0.138. The molecular formula is C15H26N2O3. The number of hydrogen-bond acceptors (Lipinski definition) is 2. The number of urea groups is 1. The van der Waals surface area contributed by atoms with Crippen LogP contribution in [0.4, 0.5) is 4.79 Å². The number of carbonyl (C=O) groups is 2. The van der Waals surface area contributed by atoms with Crippen LogP contribution in [0, 0.1) is 11.8 Å². The first-order valence-electron chi connectivity index (χ1n) is 7.76. The molecule has 5 nitrogen and oxygen atoms in total. The van der Waals surface area contributed by atoms with Crippen LogP contribution < -0.4 is 0 Å². The molecule has 2 atom stereocenters. The summed E-state index contributed by atoms with van der Waals surface area (Å²) < 4.78 is 0. The molecular weight excluding hydrogens is 256 g/mol. The number of amides is 2. The minimum atomic E-state index is -0.913. The molecule has 114 valence electrons. The summed E-state index contributed by atoms with van der Waals surface area (Å²) in [6.45, 7) is 5.74. The highest BCUT2D eigenvalue weighted by Crippen LogP contribution is 2.27. The van der Waals surface area contributed by atoms with E-state index in [4.69, 9.17) is 5.11 Å². The predicted molar refractivity (Wildman–Crippen MR) is 76.5 cm³/mol. The Morgan fingerprint density at radius 1 is 1.15 bits per heavy atom. The van der Waals surface area contributed by atoms with E-state index in [0.717, 1.165) is 45.2 Å². The number of hydrogen-bond donors (Lipinski definition) is 1. The molecule has 1 saturated heterocycles. The highest BCUT2D eigenvalue weighted by Gasteiger charge is 2.34. The van der Waals surface area contributed by atoms with Crippen molar-refractivity contribution < 1.29 is 14.7 Å². The highest BCUT2D eigenvalue weighted by molar-refractivity contribution is 5.80. The molecule has 5 heteroatoms. The van der Waals surface area contributed by atoms with Crippen LogP contribution in [-0.2, 0) is 4.79 Å². The summed E-state index contributed by atoms with van der Waals surface area (Å²) in [5, 5.41) is 9.07. The molecule has 2 aliphatic rings. The topological polar surface area (TPSA) is 60.9 Å². The van der Waals surface area contributed by atoms with Crippen molar-refractivity contribution in [3.8, 4) is 0 Å². The van der Waals surface area contributed by atoms with Crippen LogP contribution in [0.1, 0.15) is 46.0 Å². The Morgan fingerprint density at radius 3 is 2.35 bits per heavy atom. The van der Waals surface area contributed by atoms with E-state index in [0.29, 0.717) is 11.8 Å². The third-order valence-corrected chi connectivity index (χ3v) is 4.92. The van der Waals surface area contributed by atoms with Crippen LogP contribution in [0.25, 0.3) is 0 Å². The first-order chi connectivity index (χ1) is 9.49. The van der Waals surface area contributed by atoms with Gasteiger partial charge in [-0.2, -0.15) is 0 Å². The van der Waals surface area contributed by atoms with Gasteiger partial charge in [-0.1, -0.05) is 26.7 Å². The number of carboxylic acid groups (broad SMARTS) is 1. The first-order valence-corrected chi connectivity index (χ1v) is 7.76. The smallest absolute Gasteiger partial charge is 0.323 e. The highest BCUT2D eigenvalue weighted by atomic mass is 16.4. The van der Waals surface area contributed by atoms with E-state index in [-0.39, 0.29) is 18.6 Å². The zero-order valence-electron chi connectivity index (χ0n) is 12.5. The molecule has 2 unspecified atom stereocenters. The van der Waals surface area contributed by atoms with Crippen molar-refractivity contribution >= 4 is 12.0 Å². The SMILES string of the molecule is CC1CCN(C(=O)N(CC(=O)O)C2CCCC2)CC1C. The Bertz CT molecular complexity index is 366. The molecule has 0 aromatic rings. The van der Waals surface area contributed by atoms with Gasteiger partial charge < -0.3 is 14.9 Å². The van der Waals surface area contributed by atoms with Gasteiger partial charge in [-0.05, 0) is 31.1 Å². The quantitative estimate of drug-likeness (QED) is 0.864. The van der Waals surface area contributed by atoms with Crippen molar-refractivity contribution in [2.75, 3.05) is 19.6 Å². The van der Waals surface area contributed by atoms with E-state index in [9.17, 15) is 9.59 Å². The Morgan fingerprint density at radius 2 is 1.80 bits per heavy atom. The molecule has 1 N–H and O–H groups in total. The van der Waals surface area contributed by atoms with Gasteiger partial charge in [0.1, 0.15) is 6.54 Å². The van der Waals surface area contributed by atoms with E-state index >= 15 is 0 Å². The van der Waals surface area contributed by atoms with Gasteiger partial charge in [0.05, 0.1) is 0 Å². The van der Waals surface area contributed by atoms with Gasteiger partial charge in [0, 0.05) is 19.1 Å². The maximum atomic E-state index is 12.7. The molecule has 2 fully saturated rings. The molecule has 2 rings (SSSR count). The summed E-state index contributed by atoms with van der Waals surface area (Å²) in [5.41, 5.74) is 0. The Kier molecular flexibility index (Phi) is 4.89. The van der Waals surface area contributed by atoms with Crippen molar-refractivity contribution in [1.29, 1.82) is 0 Å². The molecule has 1 aliphatic carbocycles. The molecule has 0 spiro atoms. The number of aliphatic carboxylic acids is 1. The summed E-state index contributed by atoms with van der Waals surface area (Å²) in [7, 11) is 0. The molecule has 0 aromatic carbocycles. The monoisotopic (exact) mass is 282 g/mol. The van der Waals surface area contributed by atoms with Crippen molar-refractivity contribution in [1.82, 2.24) is 9.80 Å². The van der Waals surface area contributed by atoms with Gasteiger partial charge in [-0.25, -0.2) is 4.79 Å². The number of nitrogens with zero attached hydrogens (tertiary/aromatic N) is 2. The van der Waals surface area contributed by atoms with Crippen molar-refractivity contribution in [2.24, 2.45) is 11.8 Å². The van der Waals surface area contributed by atoms with Crippen LogP contribution in [0.2, 0.25) is 0 Å². The van der Waals surface area contributed by atoms with Gasteiger partial charge >= 0.3 is 12.0 Å². The standard InChI is InChI=1S/C15H26N2O3/c1-11-7-8-16(9-12(11)2)15(20)17(10-14(18)19)13-5-3-4-6-13/h11-13H,3-10H2,1-2H3,(H,18,19). The number of likely N-dealkylation sites (tertiary alicyclic amines) is 1. The normalized spacial score (nSPS) is 27.6. The molecule has 1 saturated carbocycles. The molecule has 1 heterocycles. The second-order valence-corrected chi connectivity index (χ2v) is 6.43. The molecule has 0 aromatic heterocycles. The van der Waals surface area contributed by atoms with Crippen LogP contribution >= 0.6 is 0 Å². The Hall–Kier alpha value is -1.26. The average Bonchev–Trinajstić information content (AvgIpc) is 2.92. The molecule has 20 heavy (non-hydrogen) atoms. The van der Waals surface area contributed by atoms with Crippen LogP contribution in [0.5, 0.6) is 0 Å². The average molecular weight is 282 g/mol. The van der Waals surface area contributed by atoms with Gasteiger partial charge in [-0.15, -0.1) is 0 Å². The zero-order chi connectivity index (χ0) is 14.7. The third kappa shape index (κ3) is 3.44. The van der Waals surface area contributed by atoms with Crippen LogP contribution in [0.15, 0.2) is 0 Å². The lowest BCUT2D eigenvalue weighted by Gasteiger charge is -2.39. The lowest BCUT2D eigenvalue weighted by atomic mass is 9.89. The minimum Gasteiger partial charge on any atom is -0.480 e. The van der Waals surface area contributed by atoms with Gasteiger partial charge in [-0.3, -0.25) is 4.79 Å². The molecule has 0 radical (unpaired) electrons. The maximum absolute atomic E-state index is 12.7. The number of carboxylic acids is 1. The van der Waals surface area contributed by atoms with Gasteiger partial charge in [0.15, 0.2) is 0 Å². The van der Waals surface area contributed by atoms with E-state index < -0.39 is 5.97 Å². The Balaban J connectivity index is 2.03. The molecule has 2 amide bonds. The van der Waals surface area contributed by atoms with Gasteiger partial charge in [0.2, 0.25) is 0 Å². The predicted octanol–water partition coefficient (Wildman–Crippen LogP) is 2.41. The van der Waals surface area contributed by atoms with E-state index in [2.05, 4.69) is 13.8 Å². The number of rotatable bonds is 3. The third-order valence-electron chi connectivity index (χ3n) is 4.92. The van der Waals surface area contributed by atoms with E-state index in [1.165, 1.54) is 0 Å². The summed E-state index contributed by atoms with van der Waals surface area (Å²) >= 11 is 0. The van der Waals surface area contributed by atoms with Crippen molar-refractivity contribution in [3.05, 3.63) is 0 Å². The van der Waals surface area contributed by atoms with Crippen LogP contribution in [-0.4, -0.2) is 52.6 Å². The fourth-order valence-corrected chi connectivity index (χ4v) is 3.33. The minimum absolute atomic E-state index is 0.0712. The molecule has 1 aliphatic heterocycles. The van der Waals surface area contributed by atoms with Crippen molar-refractivity contribution in [3.63, 3.8) is 0 Å². The largest absolute Gasteiger partial charge is 0.480 e.